The van der Waals surface area contributed by atoms with Crippen molar-refractivity contribution >= 4 is 11.9 Å². The Hall–Kier alpha value is -1.50. The maximum atomic E-state index is 11.4. The van der Waals surface area contributed by atoms with Gasteiger partial charge in [0.25, 0.3) is 5.91 Å². The van der Waals surface area contributed by atoms with E-state index in [-0.39, 0.29) is 0 Å². The number of amides is 1. The van der Waals surface area contributed by atoms with Gasteiger partial charge in [0.1, 0.15) is 5.54 Å². The Morgan fingerprint density at radius 3 is 2.19 bits per heavy atom. The van der Waals surface area contributed by atoms with Crippen molar-refractivity contribution in [2.45, 2.75) is 51.0 Å². The minimum atomic E-state index is -1.10. The number of carboxylic acids is 1. The van der Waals surface area contributed by atoms with Crippen LogP contribution in [0, 0.1) is 11.8 Å². The molecule has 4 nitrogen and oxygen atoms in total. The van der Waals surface area contributed by atoms with E-state index in [0.717, 1.165) is 25.7 Å². The summed E-state index contributed by atoms with van der Waals surface area (Å²) in [7, 11) is 0. The van der Waals surface area contributed by atoms with Crippen molar-refractivity contribution in [3.8, 4) is 11.8 Å². The van der Waals surface area contributed by atoms with E-state index in [2.05, 4.69) is 17.2 Å². The second kappa shape index (κ2) is 5.55. The Kier molecular flexibility index (Phi) is 4.36. The third-order valence-corrected chi connectivity index (χ3v) is 2.96. The van der Waals surface area contributed by atoms with E-state index in [0.29, 0.717) is 12.8 Å². The average Bonchev–Trinajstić information content (AvgIpc) is 2.44. The third kappa shape index (κ3) is 2.99. The topological polar surface area (TPSA) is 66.4 Å². The second-order valence-electron chi connectivity index (χ2n) is 4.13. The normalized spacial score (nSPS) is 18.8. The Balaban J connectivity index is 2.81. The molecule has 88 valence electrons. The van der Waals surface area contributed by atoms with Gasteiger partial charge in [0.05, 0.1) is 0 Å². The summed E-state index contributed by atoms with van der Waals surface area (Å²) in [6.07, 6.45) is 4.74. The smallest absolute Gasteiger partial charge is 0.329 e. The minimum Gasteiger partial charge on any atom is -0.480 e. The zero-order chi connectivity index (χ0) is 12.0. The summed E-state index contributed by atoms with van der Waals surface area (Å²) >= 11 is 0. The van der Waals surface area contributed by atoms with Gasteiger partial charge in [0.15, 0.2) is 0 Å². The quantitative estimate of drug-likeness (QED) is 0.548. The van der Waals surface area contributed by atoms with Crippen LogP contribution in [0.1, 0.15) is 45.4 Å². The van der Waals surface area contributed by atoms with Crippen LogP contribution in [-0.4, -0.2) is 22.5 Å². The Bertz CT molecular complexity index is 330. The average molecular weight is 223 g/mol. The van der Waals surface area contributed by atoms with Gasteiger partial charge in [-0.1, -0.05) is 31.6 Å². The molecule has 0 bridgehead atoms. The highest BCUT2D eigenvalue weighted by atomic mass is 16.4. The maximum absolute atomic E-state index is 11.4. The number of rotatable bonds is 2. The van der Waals surface area contributed by atoms with Crippen LogP contribution in [0.2, 0.25) is 0 Å². The first kappa shape index (κ1) is 12.6. The summed E-state index contributed by atoms with van der Waals surface area (Å²) in [5, 5.41) is 11.8. The Labute approximate surface area is 95.4 Å². The van der Waals surface area contributed by atoms with E-state index < -0.39 is 17.4 Å². The second-order valence-corrected chi connectivity index (χ2v) is 4.13. The molecule has 0 saturated heterocycles. The highest BCUT2D eigenvalue weighted by molar-refractivity contribution is 5.97. The number of carbonyl (C=O) groups excluding carboxylic acids is 1. The SMILES string of the molecule is CC#CC(=O)NC1(C(=O)O)CCCCCC1. The van der Waals surface area contributed by atoms with Crippen molar-refractivity contribution in [3.63, 3.8) is 0 Å². The van der Waals surface area contributed by atoms with E-state index in [1.165, 1.54) is 0 Å². The Morgan fingerprint density at radius 1 is 1.19 bits per heavy atom. The fourth-order valence-corrected chi connectivity index (χ4v) is 2.09. The predicted molar refractivity (Wildman–Crippen MR) is 59.7 cm³/mol. The van der Waals surface area contributed by atoms with Crippen LogP contribution in [0.3, 0.4) is 0 Å². The van der Waals surface area contributed by atoms with Crippen molar-refractivity contribution in [2.24, 2.45) is 0 Å². The summed E-state index contributed by atoms with van der Waals surface area (Å²) in [4.78, 5) is 22.7. The number of carbonyl (C=O) groups is 2. The predicted octanol–water partition coefficient (Wildman–Crippen LogP) is 1.30. The fourth-order valence-electron chi connectivity index (χ4n) is 2.09. The maximum Gasteiger partial charge on any atom is 0.329 e. The number of hydrogen-bond acceptors (Lipinski definition) is 2. The number of carboxylic acid groups (broad SMARTS) is 1. The zero-order valence-corrected chi connectivity index (χ0v) is 9.51. The van der Waals surface area contributed by atoms with Crippen molar-refractivity contribution in [1.82, 2.24) is 5.32 Å². The molecular formula is C12H17NO3. The van der Waals surface area contributed by atoms with Gasteiger partial charge in [-0.15, -0.1) is 0 Å². The van der Waals surface area contributed by atoms with E-state index in [1.807, 2.05) is 0 Å². The van der Waals surface area contributed by atoms with Gasteiger partial charge in [0, 0.05) is 0 Å². The molecule has 16 heavy (non-hydrogen) atoms. The van der Waals surface area contributed by atoms with Gasteiger partial charge in [-0.05, 0) is 25.7 Å². The first-order valence-electron chi connectivity index (χ1n) is 5.59. The molecule has 0 aromatic heterocycles. The lowest BCUT2D eigenvalue weighted by molar-refractivity contribution is -0.147. The number of hydrogen-bond donors (Lipinski definition) is 2. The molecule has 0 unspecified atom stereocenters. The van der Waals surface area contributed by atoms with Crippen LogP contribution < -0.4 is 5.32 Å². The molecule has 0 heterocycles. The van der Waals surface area contributed by atoms with Crippen LogP contribution in [0.5, 0.6) is 0 Å². The van der Waals surface area contributed by atoms with Crippen LogP contribution in [0.15, 0.2) is 0 Å². The van der Waals surface area contributed by atoms with Crippen molar-refractivity contribution in [2.75, 3.05) is 0 Å². The largest absolute Gasteiger partial charge is 0.480 e. The van der Waals surface area contributed by atoms with Crippen LogP contribution in [-0.2, 0) is 9.59 Å². The third-order valence-electron chi connectivity index (χ3n) is 2.96. The lowest BCUT2D eigenvalue weighted by atomic mass is 9.90. The monoisotopic (exact) mass is 223 g/mol. The zero-order valence-electron chi connectivity index (χ0n) is 9.51. The van der Waals surface area contributed by atoms with Gasteiger partial charge in [0.2, 0.25) is 0 Å². The molecule has 0 aromatic rings. The van der Waals surface area contributed by atoms with Gasteiger partial charge in [-0.3, -0.25) is 4.79 Å². The van der Waals surface area contributed by atoms with E-state index in [1.54, 1.807) is 6.92 Å². The van der Waals surface area contributed by atoms with Crippen LogP contribution >= 0.6 is 0 Å². The van der Waals surface area contributed by atoms with Gasteiger partial charge in [-0.2, -0.15) is 0 Å². The summed E-state index contributed by atoms with van der Waals surface area (Å²) in [5.74, 6) is 3.37. The van der Waals surface area contributed by atoms with Gasteiger partial charge >= 0.3 is 5.97 Å². The molecule has 2 N–H and O–H groups in total. The van der Waals surface area contributed by atoms with Crippen LogP contribution in [0.25, 0.3) is 0 Å². The van der Waals surface area contributed by atoms with E-state index >= 15 is 0 Å². The van der Waals surface area contributed by atoms with Gasteiger partial charge in [-0.25, -0.2) is 4.79 Å². The molecule has 1 fully saturated rings. The molecule has 1 amide bonds. The molecule has 1 saturated carbocycles. The molecular weight excluding hydrogens is 206 g/mol. The number of nitrogens with one attached hydrogen (secondary N) is 1. The molecule has 0 aromatic carbocycles. The first-order valence-corrected chi connectivity index (χ1v) is 5.59. The Morgan fingerprint density at radius 2 is 1.75 bits per heavy atom. The highest BCUT2D eigenvalue weighted by Gasteiger charge is 2.39. The minimum absolute atomic E-state index is 0.494. The standard InChI is InChI=1S/C12H17NO3/c1-2-7-10(14)13-12(11(15)16)8-5-3-4-6-9-12/h3-6,8-9H2,1H3,(H,13,14)(H,15,16). The molecule has 1 aliphatic rings. The molecule has 0 radical (unpaired) electrons. The van der Waals surface area contributed by atoms with Gasteiger partial charge < -0.3 is 10.4 Å². The van der Waals surface area contributed by atoms with Crippen molar-refractivity contribution < 1.29 is 14.7 Å². The lowest BCUT2D eigenvalue weighted by Crippen LogP contribution is -2.53. The first-order chi connectivity index (χ1) is 7.60. The van der Waals surface area contributed by atoms with E-state index in [4.69, 9.17) is 0 Å². The van der Waals surface area contributed by atoms with Crippen molar-refractivity contribution in [3.05, 3.63) is 0 Å². The summed E-state index contributed by atoms with van der Waals surface area (Å²) in [6.45, 7) is 1.56. The van der Waals surface area contributed by atoms with Crippen LogP contribution in [0.4, 0.5) is 0 Å². The molecule has 4 heteroatoms. The fraction of sp³-hybridized carbons (Fsp3) is 0.667. The molecule has 0 aliphatic heterocycles. The summed E-state index contributed by atoms with van der Waals surface area (Å²) in [6, 6.07) is 0. The van der Waals surface area contributed by atoms with Crippen molar-refractivity contribution in [1.29, 1.82) is 0 Å². The van der Waals surface area contributed by atoms with E-state index in [9.17, 15) is 14.7 Å². The number of aliphatic carboxylic acids is 1. The summed E-state index contributed by atoms with van der Waals surface area (Å²) in [5.41, 5.74) is -1.10. The molecule has 0 atom stereocenters. The molecule has 1 rings (SSSR count). The highest BCUT2D eigenvalue weighted by Crippen LogP contribution is 2.27. The molecule has 0 spiro atoms. The molecule has 1 aliphatic carbocycles. The summed E-state index contributed by atoms with van der Waals surface area (Å²) < 4.78 is 0. The lowest BCUT2D eigenvalue weighted by Gasteiger charge is -2.28.